The maximum atomic E-state index is 12.7. The molecule has 2 aromatic carbocycles. The van der Waals surface area contributed by atoms with E-state index < -0.39 is 5.41 Å². The summed E-state index contributed by atoms with van der Waals surface area (Å²) in [7, 11) is 0. The zero-order chi connectivity index (χ0) is 18.6. The first-order valence-electron chi connectivity index (χ1n) is 8.68. The number of carbonyl (C=O) groups is 2. The molecule has 0 bridgehead atoms. The first kappa shape index (κ1) is 17.7. The predicted octanol–water partition coefficient (Wildman–Crippen LogP) is 3.34. The molecule has 5 nitrogen and oxygen atoms in total. The Morgan fingerprint density at radius 3 is 2.19 bits per heavy atom. The van der Waals surface area contributed by atoms with Crippen LogP contribution in [0.1, 0.15) is 35.7 Å². The summed E-state index contributed by atoms with van der Waals surface area (Å²) in [5.41, 5.74) is 1.76. The number of piperidine rings is 1. The van der Waals surface area contributed by atoms with Crippen LogP contribution in [0.2, 0.25) is 0 Å². The normalized spacial score (nSPS) is 15.8. The summed E-state index contributed by atoms with van der Waals surface area (Å²) in [6, 6.07) is 19.2. The number of nitriles is 1. The van der Waals surface area contributed by atoms with E-state index in [1.54, 1.807) is 29.2 Å². The van der Waals surface area contributed by atoms with Crippen LogP contribution in [0.5, 0.6) is 0 Å². The number of carbonyl (C=O) groups excluding carboxylic acids is 2. The molecule has 0 saturated carbocycles. The number of anilines is 1. The first-order valence-corrected chi connectivity index (χ1v) is 8.68. The van der Waals surface area contributed by atoms with E-state index in [1.807, 2.05) is 30.3 Å². The Balaban J connectivity index is 1.68. The fraction of sp³-hybridized carbons (Fsp3) is 0.286. The van der Waals surface area contributed by atoms with Crippen LogP contribution < -0.4 is 5.32 Å². The van der Waals surface area contributed by atoms with E-state index in [9.17, 15) is 14.9 Å². The van der Waals surface area contributed by atoms with Crippen molar-refractivity contribution < 1.29 is 9.59 Å². The number of hydrogen-bond acceptors (Lipinski definition) is 3. The molecule has 1 heterocycles. The van der Waals surface area contributed by atoms with Gasteiger partial charge in [-0.3, -0.25) is 9.59 Å². The molecule has 1 aliphatic rings. The Kier molecular flexibility index (Phi) is 5.04. The van der Waals surface area contributed by atoms with Crippen LogP contribution in [0.4, 0.5) is 5.69 Å². The highest BCUT2D eigenvalue weighted by molar-refractivity contribution is 5.95. The van der Waals surface area contributed by atoms with Gasteiger partial charge < -0.3 is 10.2 Å². The molecule has 1 aliphatic heterocycles. The maximum absolute atomic E-state index is 12.7. The van der Waals surface area contributed by atoms with Gasteiger partial charge in [0.25, 0.3) is 5.91 Å². The molecule has 0 unspecified atom stereocenters. The van der Waals surface area contributed by atoms with E-state index in [0.29, 0.717) is 37.2 Å². The number of rotatable bonds is 3. The zero-order valence-electron chi connectivity index (χ0n) is 14.7. The smallest absolute Gasteiger partial charge is 0.253 e. The van der Waals surface area contributed by atoms with Crippen LogP contribution in [-0.2, 0) is 10.2 Å². The standard InChI is InChI=1S/C21H21N3O2/c1-16(25)23-19-9-7-17(8-10-19)20(26)24-13-11-21(15-22,12-14-24)18-5-3-2-4-6-18/h2-10H,11-14H2,1H3,(H,23,25). The van der Waals surface area contributed by atoms with Gasteiger partial charge in [-0.15, -0.1) is 0 Å². The largest absolute Gasteiger partial charge is 0.339 e. The lowest BCUT2D eigenvalue weighted by molar-refractivity contribution is -0.114. The van der Waals surface area contributed by atoms with Gasteiger partial charge in [-0.05, 0) is 42.7 Å². The van der Waals surface area contributed by atoms with Crippen LogP contribution >= 0.6 is 0 Å². The molecule has 5 heteroatoms. The van der Waals surface area contributed by atoms with E-state index in [4.69, 9.17) is 0 Å². The fourth-order valence-electron chi connectivity index (χ4n) is 3.40. The van der Waals surface area contributed by atoms with Gasteiger partial charge >= 0.3 is 0 Å². The molecule has 1 saturated heterocycles. The van der Waals surface area contributed by atoms with Gasteiger partial charge in [0.2, 0.25) is 5.91 Å². The third-order valence-electron chi connectivity index (χ3n) is 4.90. The third kappa shape index (κ3) is 3.60. The second-order valence-corrected chi connectivity index (χ2v) is 6.61. The van der Waals surface area contributed by atoms with E-state index in [1.165, 1.54) is 6.92 Å². The van der Waals surface area contributed by atoms with Crippen LogP contribution in [0.25, 0.3) is 0 Å². The Morgan fingerprint density at radius 2 is 1.65 bits per heavy atom. The molecule has 2 aromatic rings. The summed E-state index contributed by atoms with van der Waals surface area (Å²) < 4.78 is 0. The molecule has 0 spiro atoms. The Bertz CT molecular complexity index is 830. The minimum absolute atomic E-state index is 0.0426. The van der Waals surface area contributed by atoms with Crippen LogP contribution in [0.3, 0.4) is 0 Å². The molecule has 26 heavy (non-hydrogen) atoms. The van der Waals surface area contributed by atoms with Crippen molar-refractivity contribution in [2.75, 3.05) is 18.4 Å². The second-order valence-electron chi connectivity index (χ2n) is 6.61. The first-order chi connectivity index (χ1) is 12.5. The minimum atomic E-state index is -0.521. The van der Waals surface area contributed by atoms with Gasteiger partial charge in [-0.2, -0.15) is 5.26 Å². The highest BCUT2D eigenvalue weighted by Crippen LogP contribution is 2.35. The summed E-state index contributed by atoms with van der Waals surface area (Å²) in [5, 5.41) is 12.4. The number of amides is 2. The number of nitrogens with one attached hydrogen (secondary N) is 1. The molecular formula is C21H21N3O2. The SMILES string of the molecule is CC(=O)Nc1ccc(C(=O)N2CCC(C#N)(c3ccccc3)CC2)cc1. The van der Waals surface area contributed by atoms with Crippen LogP contribution in [0.15, 0.2) is 54.6 Å². The molecule has 0 aromatic heterocycles. The van der Waals surface area contributed by atoms with E-state index in [-0.39, 0.29) is 11.8 Å². The minimum Gasteiger partial charge on any atom is -0.339 e. The molecule has 0 aliphatic carbocycles. The van der Waals surface area contributed by atoms with Crippen LogP contribution in [0, 0.1) is 11.3 Å². The summed E-state index contributed by atoms with van der Waals surface area (Å²) in [6.45, 7) is 2.55. The van der Waals surface area contributed by atoms with E-state index >= 15 is 0 Å². The van der Waals surface area contributed by atoms with Crippen molar-refractivity contribution in [1.82, 2.24) is 4.90 Å². The lowest BCUT2D eigenvalue weighted by atomic mass is 9.74. The molecular weight excluding hydrogens is 326 g/mol. The van der Waals surface area contributed by atoms with E-state index in [0.717, 1.165) is 5.56 Å². The molecule has 0 radical (unpaired) electrons. The lowest BCUT2D eigenvalue weighted by Gasteiger charge is -2.37. The third-order valence-corrected chi connectivity index (χ3v) is 4.90. The summed E-state index contributed by atoms with van der Waals surface area (Å²) in [4.78, 5) is 25.6. The topological polar surface area (TPSA) is 73.2 Å². The number of hydrogen-bond donors (Lipinski definition) is 1. The fourth-order valence-corrected chi connectivity index (χ4v) is 3.40. The summed E-state index contributed by atoms with van der Waals surface area (Å²) in [5.74, 6) is -0.187. The van der Waals surface area contributed by atoms with Crippen molar-refractivity contribution in [2.24, 2.45) is 0 Å². The highest BCUT2D eigenvalue weighted by atomic mass is 16.2. The Morgan fingerprint density at radius 1 is 1.04 bits per heavy atom. The summed E-state index contributed by atoms with van der Waals surface area (Å²) in [6.07, 6.45) is 1.26. The molecule has 1 N–H and O–H groups in total. The van der Waals surface area contributed by atoms with Crippen molar-refractivity contribution in [1.29, 1.82) is 5.26 Å². The Labute approximate surface area is 153 Å². The zero-order valence-corrected chi connectivity index (χ0v) is 14.7. The number of nitrogens with zero attached hydrogens (tertiary/aromatic N) is 2. The maximum Gasteiger partial charge on any atom is 0.253 e. The van der Waals surface area contributed by atoms with Gasteiger partial charge in [0.15, 0.2) is 0 Å². The Hall–Kier alpha value is -3.13. The van der Waals surface area contributed by atoms with Crippen molar-refractivity contribution in [3.8, 4) is 6.07 Å². The van der Waals surface area contributed by atoms with Crippen LogP contribution in [-0.4, -0.2) is 29.8 Å². The van der Waals surface area contributed by atoms with Gasteiger partial charge in [-0.25, -0.2) is 0 Å². The summed E-state index contributed by atoms with van der Waals surface area (Å²) >= 11 is 0. The monoisotopic (exact) mass is 347 g/mol. The van der Waals surface area contributed by atoms with Crippen molar-refractivity contribution in [3.05, 3.63) is 65.7 Å². The van der Waals surface area contributed by atoms with Crippen molar-refractivity contribution >= 4 is 17.5 Å². The molecule has 2 amide bonds. The quantitative estimate of drug-likeness (QED) is 0.925. The molecule has 1 fully saturated rings. The molecule has 3 rings (SSSR count). The molecule has 132 valence electrons. The molecule has 0 atom stereocenters. The second kappa shape index (κ2) is 7.40. The lowest BCUT2D eigenvalue weighted by Crippen LogP contribution is -2.44. The van der Waals surface area contributed by atoms with Gasteiger partial charge in [0, 0.05) is 31.3 Å². The van der Waals surface area contributed by atoms with Gasteiger partial charge in [0.05, 0.1) is 11.5 Å². The van der Waals surface area contributed by atoms with E-state index in [2.05, 4.69) is 11.4 Å². The average molecular weight is 347 g/mol. The van der Waals surface area contributed by atoms with Gasteiger partial charge in [-0.1, -0.05) is 30.3 Å². The average Bonchev–Trinajstić information content (AvgIpc) is 2.68. The highest BCUT2D eigenvalue weighted by Gasteiger charge is 2.37. The number of benzene rings is 2. The van der Waals surface area contributed by atoms with Crippen molar-refractivity contribution in [2.45, 2.75) is 25.2 Å². The predicted molar refractivity (Wildman–Crippen MR) is 99.6 cm³/mol. The van der Waals surface area contributed by atoms with Gasteiger partial charge in [0.1, 0.15) is 0 Å². The number of likely N-dealkylation sites (tertiary alicyclic amines) is 1. The van der Waals surface area contributed by atoms with Crippen molar-refractivity contribution in [3.63, 3.8) is 0 Å².